The maximum absolute atomic E-state index is 12.7. The molecule has 1 aromatic rings. The van der Waals surface area contributed by atoms with E-state index in [1.165, 1.54) is 0 Å². The Balaban J connectivity index is 1.95. The number of nitrogens with two attached hydrogens (primary N) is 1. The molecule has 0 aromatic heterocycles. The van der Waals surface area contributed by atoms with Crippen LogP contribution in [-0.4, -0.2) is 60.9 Å². The van der Waals surface area contributed by atoms with E-state index < -0.39 is 0 Å². The van der Waals surface area contributed by atoms with Gasteiger partial charge in [-0.15, -0.1) is 0 Å². The van der Waals surface area contributed by atoms with Crippen molar-refractivity contribution in [2.24, 2.45) is 0 Å². The van der Waals surface area contributed by atoms with Gasteiger partial charge in [0.1, 0.15) is 0 Å². The van der Waals surface area contributed by atoms with Crippen LogP contribution < -0.4 is 10.6 Å². The minimum Gasteiger partial charge on any atom is -0.399 e. The summed E-state index contributed by atoms with van der Waals surface area (Å²) < 4.78 is 0. The normalized spacial score (nSPS) is 16.9. The first-order valence-electron chi connectivity index (χ1n) is 10.2. The first-order chi connectivity index (χ1) is 13.4. The fourth-order valence-corrected chi connectivity index (χ4v) is 3.98. The molecular weight excluding hydrogens is 376 g/mol. The number of hydrogen-bond acceptors (Lipinski definition) is 4. The molecule has 0 aliphatic carbocycles. The number of anilines is 2. The molecule has 6 nitrogen and oxygen atoms in total. The van der Waals surface area contributed by atoms with Crippen molar-refractivity contribution in [1.29, 1.82) is 0 Å². The first-order valence-corrected chi connectivity index (χ1v) is 10.6. The number of amides is 2. The van der Waals surface area contributed by atoms with Crippen LogP contribution in [0.5, 0.6) is 0 Å². The monoisotopic (exact) mass is 408 g/mol. The number of rotatable bonds is 9. The molecule has 1 heterocycles. The summed E-state index contributed by atoms with van der Waals surface area (Å²) in [5.41, 5.74) is 6.95. The smallest absolute Gasteiger partial charge is 0.240 e. The lowest BCUT2D eigenvalue weighted by Crippen LogP contribution is -2.44. The van der Waals surface area contributed by atoms with Gasteiger partial charge < -0.3 is 15.5 Å². The van der Waals surface area contributed by atoms with Crippen LogP contribution in [0.25, 0.3) is 0 Å². The highest BCUT2D eigenvalue weighted by Crippen LogP contribution is 2.27. The van der Waals surface area contributed by atoms with Crippen LogP contribution in [0.2, 0.25) is 5.02 Å². The van der Waals surface area contributed by atoms with Crippen molar-refractivity contribution in [2.75, 3.05) is 43.9 Å². The number of nitrogen functional groups attached to an aromatic ring is 1. The molecule has 0 spiro atoms. The lowest BCUT2D eigenvalue weighted by Gasteiger charge is -2.29. The van der Waals surface area contributed by atoms with Crippen molar-refractivity contribution in [3.05, 3.63) is 23.2 Å². The average Bonchev–Trinajstić information content (AvgIpc) is 3.11. The second-order valence-electron chi connectivity index (χ2n) is 7.53. The number of carbonyl (C=O) groups is 2. The summed E-state index contributed by atoms with van der Waals surface area (Å²) in [5, 5.41) is 0.464. The number of nitrogens with zero attached hydrogens (tertiary/aromatic N) is 3. The predicted molar refractivity (Wildman–Crippen MR) is 116 cm³/mol. The van der Waals surface area contributed by atoms with Crippen LogP contribution in [0, 0.1) is 0 Å². The fraction of sp³-hybridized carbons (Fsp3) is 0.619. The molecule has 1 aliphatic rings. The third-order valence-corrected chi connectivity index (χ3v) is 5.59. The van der Waals surface area contributed by atoms with Gasteiger partial charge in [-0.1, -0.05) is 31.9 Å². The van der Waals surface area contributed by atoms with Gasteiger partial charge in [0, 0.05) is 44.8 Å². The number of carbonyl (C=O) groups excluding carboxylic acids is 2. The molecule has 2 rings (SSSR count). The molecule has 0 bridgehead atoms. The molecule has 0 radical (unpaired) electrons. The highest BCUT2D eigenvalue weighted by atomic mass is 35.5. The largest absolute Gasteiger partial charge is 0.399 e. The lowest BCUT2D eigenvalue weighted by molar-refractivity contribution is -0.133. The molecule has 2 amide bonds. The number of benzene rings is 1. The number of likely N-dealkylation sites (tertiary alicyclic amines) is 1. The van der Waals surface area contributed by atoms with Crippen LogP contribution in [0.3, 0.4) is 0 Å². The third-order valence-electron chi connectivity index (χ3n) is 5.28. The molecule has 1 aliphatic heterocycles. The number of hydrogen-bond donors (Lipinski definition) is 1. The summed E-state index contributed by atoms with van der Waals surface area (Å²) >= 11 is 6.23. The summed E-state index contributed by atoms with van der Waals surface area (Å²) in [4.78, 5) is 31.0. The van der Waals surface area contributed by atoms with E-state index in [0.717, 1.165) is 45.3 Å². The molecule has 7 heteroatoms. The van der Waals surface area contributed by atoms with Gasteiger partial charge in [-0.25, -0.2) is 0 Å². The lowest BCUT2D eigenvalue weighted by atomic mass is 10.1. The summed E-state index contributed by atoms with van der Waals surface area (Å²) in [5.74, 6) is 0.222. The SMILES string of the molecule is CCCCC(=O)N(CCC)C1CCN(CC(=O)N(C)c2ccc(N)cc2Cl)C1. The van der Waals surface area contributed by atoms with E-state index in [9.17, 15) is 9.59 Å². The summed E-state index contributed by atoms with van der Waals surface area (Å²) in [6.45, 7) is 6.87. The topological polar surface area (TPSA) is 69.9 Å². The van der Waals surface area contributed by atoms with Gasteiger partial charge in [-0.3, -0.25) is 14.5 Å². The molecule has 156 valence electrons. The number of unbranched alkanes of at least 4 members (excludes halogenated alkanes) is 1. The Kier molecular flexibility index (Phi) is 8.58. The Morgan fingerprint density at radius 1 is 1.25 bits per heavy atom. The molecule has 1 saturated heterocycles. The molecule has 0 saturated carbocycles. The first kappa shape index (κ1) is 22.5. The standard InChI is InChI=1S/C21H33ClN4O2/c1-4-6-7-20(27)26(11-5-2)17-10-12-25(14-17)15-21(28)24(3)19-9-8-16(23)13-18(19)22/h8-9,13,17H,4-7,10-12,14-15,23H2,1-3H3. The second-order valence-corrected chi connectivity index (χ2v) is 7.94. The number of halogens is 1. The van der Waals surface area contributed by atoms with Crippen molar-refractivity contribution in [3.8, 4) is 0 Å². The van der Waals surface area contributed by atoms with E-state index in [1.54, 1.807) is 30.1 Å². The maximum Gasteiger partial charge on any atom is 0.240 e. The molecule has 1 fully saturated rings. The van der Waals surface area contributed by atoms with E-state index in [1.807, 2.05) is 4.90 Å². The van der Waals surface area contributed by atoms with Crippen molar-refractivity contribution in [2.45, 2.75) is 52.0 Å². The van der Waals surface area contributed by atoms with Crippen LogP contribution in [-0.2, 0) is 9.59 Å². The predicted octanol–water partition coefficient (Wildman–Crippen LogP) is 3.39. The number of likely N-dealkylation sites (N-methyl/N-ethyl adjacent to an activating group) is 1. The minimum atomic E-state index is -0.0216. The van der Waals surface area contributed by atoms with Gasteiger partial charge in [0.05, 0.1) is 17.3 Å². The quantitative estimate of drug-likeness (QED) is 0.636. The van der Waals surface area contributed by atoms with Gasteiger partial charge in [-0.2, -0.15) is 0 Å². The highest BCUT2D eigenvalue weighted by Gasteiger charge is 2.31. The molecule has 1 aromatic carbocycles. The summed E-state index contributed by atoms with van der Waals surface area (Å²) in [6.07, 6.45) is 4.44. The Morgan fingerprint density at radius 3 is 2.64 bits per heavy atom. The average molecular weight is 409 g/mol. The van der Waals surface area contributed by atoms with Gasteiger partial charge in [0.25, 0.3) is 0 Å². The molecule has 28 heavy (non-hydrogen) atoms. The van der Waals surface area contributed by atoms with E-state index in [2.05, 4.69) is 18.7 Å². The van der Waals surface area contributed by atoms with E-state index in [4.69, 9.17) is 17.3 Å². The second kappa shape index (κ2) is 10.7. The van der Waals surface area contributed by atoms with Gasteiger partial charge in [-0.05, 0) is 37.5 Å². The van der Waals surface area contributed by atoms with Gasteiger partial charge in [0.15, 0.2) is 0 Å². The zero-order valence-corrected chi connectivity index (χ0v) is 18.0. The zero-order chi connectivity index (χ0) is 20.7. The Labute approximate surface area is 173 Å². The van der Waals surface area contributed by atoms with Gasteiger partial charge in [0.2, 0.25) is 11.8 Å². The third kappa shape index (κ3) is 5.85. The van der Waals surface area contributed by atoms with Crippen LogP contribution >= 0.6 is 11.6 Å². The highest BCUT2D eigenvalue weighted by molar-refractivity contribution is 6.34. The van der Waals surface area contributed by atoms with E-state index in [0.29, 0.717) is 29.4 Å². The Bertz CT molecular complexity index is 682. The molecule has 1 unspecified atom stereocenters. The van der Waals surface area contributed by atoms with Gasteiger partial charge >= 0.3 is 0 Å². The molecule has 1 atom stereocenters. The molecular formula is C21H33ClN4O2. The van der Waals surface area contributed by atoms with Crippen LogP contribution in [0.4, 0.5) is 11.4 Å². The molecule has 2 N–H and O–H groups in total. The van der Waals surface area contributed by atoms with Crippen molar-refractivity contribution >= 4 is 34.8 Å². The maximum atomic E-state index is 12.7. The van der Waals surface area contributed by atoms with Crippen molar-refractivity contribution in [1.82, 2.24) is 9.80 Å². The van der Waals surface area contributed by atoms with Crippen molar-refractivity contribution in [3.63, 3.8) is 0 Å². The van der Waals surface area contributed by atoms with Crippen molar-refractivity contribution < 1.29 is 9.59 Å². The minimum absolute atomic E-state index is 0.0216. The summed E-state index contributed by atoms with van der Waals surface area (Å²) in [7, 11) is 1.73. The fourth-order valence-electron chi connectivity index (χ4n) is 3.66. The summed E-state index contributed by atoms with van der Waals surface area (Å²) in [6, 6.07) is 5.35. The zero-order valence-electron chi connectivity index (χ0n) is 17.3. The Morgan fingerprint density at radius 2 is 2.00 bits per heavy atom. The Hall–Kier alpha value is -1.79. The van der Waals surface area contributed by atoms with Crippen LogP contribution in [0.1, 0.15) is 46.0 Å². The van der Waals surface area contributed by atoms with E-state index in [-0.39, 0.29) is 17.9 Å². The van der Waals surface area contributed by atoms with E-state index >= 15 is 0 Å². The van der Waals surface area contributed by atoms with Crippen LogP contribution in [0.15, 0.2) is 18.2 Å².